The second-order valence-electron chi connectivity index (χ2n) is 15.5. The fraction of sp³-hybridized carbons (Fsp3) is 0.939. The van der Waals surface area contributed by atoms with E-state index in [-0.39, 0.29) is 25.2 Å². The molecule has 4 rings (SSSR count). The number of ether oxygens (including phenoxy) is 7. The van der Waals surface area contributed by atoms with E-state index >= 15 is 0 Å². The highest BCUT2D eigenvalue weighted by molar-refractivity contribution is 5.82. The number of hydrogen-bond donors (Lipinski definition) is 6. The van der Waals surface area contributed by atoms with Crippen molar-refractivity contribution in [2.24, 2.45) is 17.6 Å². The van der Waals surface area contributed by atoms with Gasteiger partial charge in [0.15, 0.2) is 24.5 Å². The number of nitrogens with one attached hydrogen (secondary N) is 2. The Morgan fingerprint density at radius 1 is 0.958 bits per heavy atom. The minimum absolute atomic E-state index is 0.0552. The van der Waals surface area contributed by atoms with Crippen LogP contribution in [0.1, 0.15) is 88.0 Å². The summed E-state index contributed by atoms with van der Waals surface area (Å²) in [5, 5.41) is 39.5. The average Bonchev–Trinajstić information content (AvgIpc) is 3.31. The number of aliphatic hydroxyl groups excluding tert-OH is 2. The van der Waals surface area contributed by atoms with Crippen molar-refractivity contribution in [3.8, 4) is 0 Å². The molecule has 1 saturated carbocycles. The normalized spacial score (nSPS) is 43.4. The van der Waals surface area contributed by atoms with E-state index in [9.17, 15) is 24.9 Å². The van der Waals surface area contributed by atoms with E-state index in [1.54, 1.807) is 48.5 Å². The zero-order chi connectivity index (χ0) is 35.8. The topological polar surface area (TPSA) is 210 Å². The Bertz CT molecular complexity index is 1100. The first-order valence-electron chi connectivity index (χ1n) is 17.3. The standard InChI is InChI=1S/C33H59N3O12/c1-10-18-11-12-19(36-30(40)48-31(4,5)6)28(43-18)44-24-16(2)13-20(35-27(39)26-21(14-34)46-32(7,8)47-26)25(23(24)38)45-29-22(37)17(3)33(9,41)15-42-29/h16-26,28-29,37-38,41H,10-15,34H2,1-9H3,(H,35,39)(H,36,40)/t16-,17+,18+,19?,20+,21?,22?,23?,24?,25?,26-,28+,29+,33?/m0/s1. The minimum Gasteiger partial charge on any atom is -0.444 e. The van der Waals surface area contributed by atoms with Gasteiger partial charge in [-0.05, 0) is 73.1 Å². The molecule has 1 aliphatic carbocycles. The molecule has 4 fully saturated rings. The van der Waals surface area contributed by atoms with Crippen molar-refractivity contribution in [3.05, 3.63) is 0 Å². The number of rotatable bonds is 9. The maximum Gasteiger partial charge on any atom is 0.408 e. The van der Waals surface area contributed by atoms with Crippen LogP contribution in [0.25, 0.3) is 0 Å². The molecule has 0 spiro atoms. The van der Waals surface area contributed by atoms with E-state index < -0.39 is 96.2 Å². The van der Waals surface area contributed by atoms with Gasteiger partial charge in [0.05, 0.1) is 36.5 Å². The van der Waals surface area contributed by atoms with Gasteiger partial charge in [-0.2, -0.15) is 0 Å². The average molecular weight is 690 g/mol. The van der Waals surface area contributed by atoms with Crippen molar-refractivity contribution in [1.29, 1.82) is 0 Å². The summed E-state index contributed by atoms with van der Waals surface area (Å²) in [5.41, 5.74) is 3.88. The molecule has 0 bridgehead atoms. The smallest absolute Gasteiger partial charge is 0.408 e. The molecule has 0 aromatic carbocycles. The van der Waals surface area contributed by atoms with Crippen LogP contribution < -0.4 is 16.4 Å². The molecule has 15 heteroatoms. The van der Waals surface area contributed by atoms with Crippen molar-refractivity contribution in [2.45, 2.75) is 172 Å². The van der Waals surface area contributed by atoms with Crippen molar-refractivity contribution < 1.29 is 58.1 Å². The molecule has 4 aliphatic rings. The monoisotopic (exact) mass is 689 g/mol. The molecule has 15 nitrogen and oxygen atoms in total. The van der Waals surface area contributed by atoms with Crippen molar-refractivity contribution in [3.63, 3.8) is 0 Å². The quantitative estimate of drug-likeness (QED) is 0.200. The summed E-state index contributed by atoms with van der Waals surface area (Å²) < 4.78 is 42.0. The van der Waals surface area contributed by atoms with Crippen LogP contribution in [0.2, 0.25) is 0 Å². The summed E-state index contributed by atoms with van der Waals surface area (Å²) >= 11 is 0. The molecular weight excluding hydrogens is 630 g/mol. The summed E-state index contributed by atoms with van der Waals surface area (Å²) in [5.74, 6) is -2.46. The molecular formula is C33H59N3O12. The van der Waals surface area contributed by atoms with E-state index in [2.05, 4.69) is 10.6 Å². The van der Waals surface area contributed by atoms with E-state index in [4.69, 9.17) is 38.9 Å². The third-order valence-corrected chi connectivity index (χ3v) is 9.77. The van der Waals surface area contributed by atoms with Crippen LogP contribution in [0.5, 0.6) is 0 Å². The molecule has 278 valence electrons. The van der Waals surface area contributed by atoms with Crippen LogP contribution in [0, 0.1) is 11.8 Å². The van der Waals surface area contributed by atoms with Crippen LogP contribution in [-0.4, -0.2) is 125 Å². The summed E-state index contributed by atoms with van der Waals surface area (Å²) in [4.78, 5) is 26.3. The van der Waals surface area contributed by atoms with Crippen molar-refractivity contribution in [1.82, 2.24) is 10.6 Å². The van der Waals surface area contributed by atoms with E-state index in [1.165, 1.54) is 0 Å². The zero-order valence-corrected chi connectivity index (χ0v) is 29.8. The van der Waals surface area contributed by atoms with Gasteiger partial charge in [-0.3, -0.25) is 4.79 Å². The van der Waals surface area contributed by atoms with E-state index in [1.807, 2.05) is 13.8 Å². The first-order chi connectivity index (χ1) is 22.2. The fourth-order valence-electron chi connectivity index (χ4n) is 6.85. The fourth-order valence-corrected chi connectivity index (χ4v) is 6.85. The maximum atomic E-state index is 13.6. The molecule has 7 unspecified atom stereocenters. The number of carbonyl (C=O) groups excluding carboxylic acids is 2. The molecule has 3 heterocycles. The Morgan fingerprint density at radius 3 is 2.25 bits per heavy atom. The number of hydrogen-bond acceptors (Lipinski definition) is 13. The Kier molecular flexibility index (Phi) is 12.5. The van der Waals surface area contributed by atoms with Crippen LogP contribution in [0.15, 0.2) is 0 Å². The van der Waals surface area contributed by atoms with Gasteiger partial charge in [-0.1, -0.05) is 20.8 Å². The van der Waals surface area contributed by atoms with Gasteiger partial charge in [0.1, 0.15) is 30.0 Å². The van der Waals surface area contributed by atoms with Crippen LogP contribution >= 0.6 is 0 Å². The molecule has 0 aromatic rings. The number of aliphatic hydroxyl groups is 3. The largest absolute Gasteiger partial charge is 0.444 e. The minimum atomic E-state index is -1.34. The highest BCUT2D eigenvalue weighted by Gasteiger charge is 2.52. The Hall–Kier alpha value is -1.66. The Balaban J connectivity index is 1.57. The first-order valence-corrected chi connectivity index (χ1v) is 17.3. The first kappa shape index (κ1) is 39.1. The number of carbonyl (C=O) groups is 2. The maximum absolute atomic E-state index is 13.6. The van der Waals surface area contributed by atoms with Gasteiger partial charge in [0.25, 0.3) is 5.91 Å². The number of alkyl carbamates (subject to hydrolysis) is 1. The molecule has 7 N–H and O–H groups in total. The highest BCUT2D eigenvalue weighted by Crippen LogP contribution is 2.37. The molecule has 0 aromatic heterocycles. The van der Waals surface area contributed by atoms with E-state index in [0.29, 0.717) is 19.3 Å². The summed E-state index contributed by atoms with van der Waals surface area (Å²) in [6, 6.07) is -1.32. The van der Waals surface area contributed by atoms with Crippen LogP contribution in [0.4, 0.5) is 4.79 Å². The van der Waals surface area contributed by atoms with Crippen LogP contribution in [0.3, 0.4) is 0 Å². The third kappa shape index (κ3) is 9.36. The van der Waals surface area contributed by atoms with Gasteiger partial charge in [-0.25, -0.2) is 4.79 Å². The lowest BCUT2D eigenvalue weighted by atomic mass is 9.79. The van der Waals surface area contributed by atoms with E-state index in [0.717, 1.165) is 6.42 Å². The molecule has 3 saturated heterocycles. The Labute approximate surface area is 283 Å². The molecule has 0 radical (unpaired) electrons. The lowest BCUT2D eigenvalue weighted by Crippen LogP contribution is -2.65. The lowest BCUT2D eigenvalue weighted by molar-refractivity contribution is -0.317. The van der Waals surface area contributed by atoms with Crippen molar-refractivity contribution in [2.75, 3.05) is 13.2 Å². The van der Waals surface area contributed by atoms with Gasteiger partial charge in [-0.15, -0.1) is 0 Å². The van der Waals surface area contributed by atoms with Gasteiger partial charge in [0.2, 0.25) is 0 Å². The number of nitrogens with two attached hydrogens (primary N) is 1. The highest BCUT2D eigenvalue weighted by atomic mass is 16.8. The van der Waals surface area contributed by atoms with Gasteiger partial charge < -0.3 is 64.8 Å². The second-order valence-corrected chi connectivity index (χ2v) is 15.5. The predicted octanol–water partition coefficient (Wildman–Crippen LogP) is 1.03. The van der Waals surface area contributed by atoms with Gasteiger partial charge in [0, 0.05) is 12.5 Å². The van der Waals surface area contributed by atoms with Gasteiger partial charge >= 0.3 is 6.09 Å². The summed E-state index contributed by atoms with van der Waals surface area (Å²) in [6.45, 7) is 15.8. The molecule has 2 amide bonds. The summed E-state index contributed by atoms with van der Waals surface area (Å²) in [6.07, 6.45) is -6.80. The predicted molar refractivity (Wildman–Crippen MR) is 171 cm³/mol. The SMILES string of the molecule is CC[C@@H]1CCC(NC(=O)OC(C)(C)C)[C@@H](OC2C(O)C(O[C@H]3OCC(C)(O)[C@H](C)C3O)[C@H](NC(=O)[C@H]3OC(C)(C)OC3CN)C[C@@H]2C)O1. The van der Waals surface area contributed by atoms with Crippen molar-refractivity contribution >= 4 is 12.0 Å². The lowest BCUT2D eigenvalue weighted by Gasteiger charge is -2.49. The molecule has 48 heavy (non-hydrogen) atoms. The molecule has 3 aliphatic heterocycles. The Morgan fingerprint density at radius 2 is 1.62 bits per heavy atom. The zero-order valence-electron chi connectivity index (χ0n) is 29.8. The summed E-state index contributed by atoms with van der Waals surface area (Å²) in [7, 11) is 0. The molecule has 14 atom stereocenters. The number of amides is 2. The van der Waals surface area contributed by atoms with Crippen LogP contribution in [-0.2, 0) is 38.0 Å². The second kappa shape index (κ2) is 15.3. The third-order valence-electron chi connectivity index (χ3n) is 9.77.